The maximum atomic E-state index is 3.59. The Kier molecular flexibility index (Phi) is 3.40. The van der Waals surface area contributed by atoms with Crippen LogP contribution in [0.5, 0.6) is 0 Å². The standard InChI is InChI=1S/C17H23NS/c1-10(2)18-9-16-17(13-5-6-13)14-7-11(3)12(4)8-15(14)19-16/h7-8,10,13,18H,5-6,9H2,1-4H3. The molecule has 0 aliphatic heterocycles. The van der Waals surface area contributed by atoms with Gasteiger partial charge >= 0.3 is 0 Å². The van der Waals surface area contributed by atoms with E-state index in [1.165, 1.54) is 34.1 Å². The molecular formula is C17H23NS. The smallest absolute Gasteiger partial charge is 0.0351 e. The molecule has 3 rings (SSSR count). The molecule has 0 atom stereocenters. The van der Waals surface area contributed by atoms with Gasteiger partial charge in [-0.25, -0.2) is 0 Å². The SMILES string of the molecule is Cc1cc2sc(CNC(C)C)c(C3CC3)c2cc1C. The molecule has 0 radical (unpaired) electrons. The predicted octanol–water partition coefficient (Wildman–Crippen LogP) is 4.89. The van der Waals surface area contributed by atoms with Crippen molar-refractivity contribution in [2.24, 2.45) is 0 Å². The summed E-state index contributed by atoms with van der Waals surface area (Å²) in [5.74, 6) is 0.833. The summed E-state index contributed by atoms with van der Waals surface area (Å²) in [6, 6.07) is 5.34. The lowest BCUT2D eigenvalue weighted by Gasteiger charge is -2.08. The summed E-state index contributed by atoms with van der Waals surface area (Å²) in [6.45, 7) is 9.92. The summed E-state index contributed by atoms with van der Waals surface area (Å²) in [4.78, 5) is 1.57. The monoisotopic (exact) mass is 273 g/mol. The predicted molar refractivity (Wildman–Crippen MR) is 85.2 cm³/mol. The first kappa shape index (κ1) is 13.1. The van der Waals surface area contributed by atoms with E-state index in [1.54, 1.807) is 10.4 Å². The Morgan fingerprint density at radius 1 is 1.21 bits per heavy atom. The Labute approximate surface area is 120 Å². The normalized spacial score (nSPS) is 15.6. The van der Waals surface area contributed by atoms with Crippen molar-refractivity contribution in [2.45, 2.75) is 59.0 Å². The topological polar surface area (TPSA) is 12.0 Å². The largest absolute Gasteiger partial charge is 0.310 e. The zero-order valence-electron chi connectivity index (χ0n) is 12.3. The van der Waals surface area contributed by atoms with Gasteiger partial charge in [-0.1, -0.05) is 19.9 Å². The lowest BCUT2D eigenvalue weighted by molar-refractivity contribution is 0.591. The molecule has 1 aromatic carbocycles. The highest BCUT2D eigenvalue weighted by atomic mass is 32.1. The summed E-state index contributed by atoms with van der Waals surface area (Å²) in [7, 11) is 0. The van der Waals surface area contributed by atoms with Gasteiger partial charge in [-0.15, -0.1) is 11.3 Å². The second kappa shape index (κ2) is 4.92. The molecule has 1 aromatic heterocycles. The maximum absolute atomic E-state index is 3.59. The van der Waals surface area contributed by atoms with Crippen molar-refractivity contribution in [3.05, 3.63) is 33.7 Å². The Morgan fingerprint density at radius 2 is 1.89 bits per heavy atom. The van der Waals surface area contributed by atoms with E-state index in [2.05, 4.69) is 45.1 Å². The number of nitrogens with one attached hydrogen (secondary N) is 1. The van der Waals surface area contributed by atoms with E-state index in [1.807, 2.05) is 11.3 Å². The maximum Gasteiger partial charge on any atom is 0.0351 e. The first-order valence-corrected chi connectivity index (χ1v) is 8.14. The lowest BCUT2D eigenvalue weighted by Crippen LogP contribution is -2.21. The summed E-state index contributed by atoms with van der Waals surface area (Å²) < 4.78 is 1.48. The molecule has 1 N–H and O–H groups in total. The Morgan fingerprint density at radius 3 is 2.53 bits per heavy atom. The van der Waals surface area contributed by atoms with Crippen LogP contribution < -0.4 is 5.32 Å². The summed E-state index contributed by atoms with van der Waals surface area (Å²) in [5.41, 5.74) is 4.49. The third kappa shape index (κ3) is 2.56. The molecule has 2 heteroatoms. The van der Waals surface area contributed by atoms with Crippen LogP contribution in [0.25, 0.3) is 10.1 Å². The van der Waals surface area contributed by atoms with Crippen molar-refractivity contribution in [3.63, 3.8) is 0 Å². The number of benzene rings is 1. The zero-order valence-corrected chi connectivity index (χ0v) is 13.2. The second-order valence-electron chi connectivity index (χ2n) is 6.18. The molecule has 1 aliphatic carbocycles. The van der Waals surface area contributed by atoms with Gasteiger partial charge in [0.15, 0.2) is 0 Å². The molecule has 1 nitrogen and oxygen atoms in total. The minimum atomic E-state index is 0.556. The van der Waals surface area contributed by atoms with Crippen LogP contribution in [0.1, 0.15) is 54.2 Å². The molecule has 0 unspecified atom stereocenters. The fourth-order valence-electron chi connectivity index (χ4n) is 2.67. The molecule has 1 aliphatic rings. The average Bonchev–Trinajstić information content (AvgIpc) is 3.11. The Bertz CT molecular complexity index is 605. The van der Waals surface area contributed by atoms with Crippen LogP contribution in [-0.2, 0) is 6.54 Å². The Balaban J connectivity index is 2.07. The molecule has 2 aromatic rings. The van der Waals surface area contributed by atoms with E-state index in [4.69, 9.17) is 0 Å². The first-order chi connectivity index (χ1) is 9.06. The van der Waals surface area contributed by atoms with E-state index in [0.29, 0.717) is 6.04 Å². The highest BCUT2D eigenvalue weighted by molar-refractivity contribution is 7.19. The number of hydrogen-bond acceptors (Lipinski definition) is 2. The van der Waals surface area contributed by atoms with Gasteiger partial charge in [0.05, 0.1) is 0 Å². The van der Waals surface area contributed by atoms with Crippen LogP contribution in [0.15, 0.2) is 12.1 Å². The van der Waals surface area contributed by atoms with E-state index in [-0.39, 0.29) is 0 Å². The minimum Gasteiger partial charge on any atom is -0.310 e. The van der Waals surface area contributed by atoms with E-state index in [9.17, 15) is 0 Å². The van der Waals surface area contributed by atoms with Crippen LogP contribution in [0.4, 0.5) is 0 Å². The third-order valence-electron chi connectivity index (χ3n) is 4.08. The molecule has 19 heavy (non-hydrogen) atoms. The van der Waals surface area contributed by atoms with Gasteiger partial charge in [0.2, 0.25) is 0 Å². The van der Waals surface area contributed by atoms with Crippen molar-refractivity contribution in [1.29, 1.82) is 0 Å². The third-order valence-corrected chi connectivity index (χ3v) is 5.24. The first-order valence-electron chi connectivity index (χ1n) is 7.32. The van der Waals surface area contributed by atoms with E-state index in [0.717, 1.165) is 12.5 Å². The summed E-state index contributed by atoms with van der Waals surface area (Å²) >= 11 is 1.99. The lowest BCUT2D eigenvalue weighted by atomic mass is 10.0. The highest BCUT2D eigenvalue weighted by Gasteiger charge is 2.29. The van der Waals surface area contributed by atoms with E-state index >= 15 is 0 Å². The van der Waals surface area contributed by atoms with Gasteiger partial charge in [0, 0.05) is 22.2 Å². The van der Waals surface area contributed by atoms with E-state index < -0.39 is 0 Å². The van der Waals surface area contributed by atoms with Crippen LogP contribution in [-0.4, -0.2) is 6.04 Å². The molecule has 1 fully saturated rings. The number of fused-ring (bicyclic) bond motifs is 1. The molecule has 1 saturated carbocycles. The Hall–Kier alpha value is -0.860. The summed E-state index contributed by atoms with van der Waals surface area (Å²) in [5, 5.41) is 5.11. The number of thiophene rings is 1. The summed E-state index contributed by atoms with van der Waals surface area (Å²) in [6.07, 6.45) is 2.76. The second-order valence-corrected chi connectivity index (χ2v) is 7.32. The minimum absolute atomic E-state index is 0.556. The average molecular weight is 273 g/mol. The van der Waals surface area contributed by atoms with Crippen molar-refractivity contribution < 1.29 is 0 Å². The van der Waals surface area contributed by atoms with Crippen LogP contribution in [0.3, 0.4) is 0 Å². The van der Waals surface area contributed by atoms with Gasteiger partial charge in [0.25, 0.3) is 0 Å². The van der Waals surface area contributed by atoms with Crippen molar-refractivity contribution in [3.8, 4) is 0 Å². The molecule has 0 spiro atoms. The van der Waals surface area contributed by atoms with Gasteiger partial charge in [0.1, 0.15) is 0 Å². The van der Waals surface area contributed by atoms with Crippen LogP contribution in [0, 0.1) is 13.8 Å². The fourth-order valence-corrected chi connectivity index (χ4v) is 3.99. The zero-order chi connectivity index (χ0) is 13.6. The molecule has 102 valence electrons. The van der Waals surface area contributed by atoms with Crippen LogP contribution in [0.2, 0.25) is 0 Å². The number of rotatable bonds is 4. The van der Waals surface area contributed by atoms with Gasteiger partial charge < -0.3 is 5.32 Å². The highest BCUT2D eigenvalue weighted by Crippen LogP contribution is 2.48. The van der Waals surface area contributed by atoms with Crippen molar-refractivity contribution >= 4 is 21.4 Å². The molecule has 1 heterocycles. The van der Waals surface area contributed by atoms with Gasteiger partial charge in [-0.3, -0.25) is 0 Å². The molecule has 0 saturated heterocycles. The molecule has 0 amide bonds. The quantitative estimate of drug-likeness (QED) is 0.836. The van der Waals surface area contributed by atoms with Gasteiger partial charge in [-0.2, -0.15) is 0 Å². The molecule has 0 bridgehead atoms. The number of aryl methyl sites for hydroxylation is 2. The van der Waals surface area contributed by atoms with Crippen molar-refractivity contribution in [1.82, 2.24) is 5.32 Å². The fraction of sp³-hybridized carbons (Fsp3) is 0.529. The molecular weight excluding hydrogens is 250 g/mol. The van der Waals surface area contributed by atoms with Crippen molar-refractivity contribution in [2.75, 3.05) is 0 Å². The van der Waals surface area contributed by atoms with Crippen LogP contribution >= 0.6 is 11.3 Å². The van der Waals surface area contributed by atoms with Gasteiger partial charge in [-0.05, 0) is 60.7 Å². The number of hydrogen-bond donors (Lipinski definition) is 1.